The molecule has 2 aliphatic carbocycles. The highest BCUT2D eigenvalue weighted by Gasteiger charge is 2.38. The summed E-state index contributed by atoms with van der Waals surface area (Å²) in [5.41, 5.74) is 1.92. The molecule has 1 N–H and O–H groups in total. The minimum Gasteiger partial charge on any atom is -0.362 e. The van der Waals surface area contributed by atoms with Crippen LogP contribution in [-0.4, -0.2) is 23.8 Å². The number of allylic oxidation sites excluding steroid dienone is 7. The monoisotopic (exact) mass is 342 g/mol. The zero-order valence-corrected chi connectivity index (χ0v) is 16.2. The van der Waals surface area contributed by atoms with Crippen molar-refractivity contribution >= 4 is 5.78 Å². The van der Waals surface area contributed by atoms with Gasteiger partial charge in [0.15, 0.2) is 11.6 Å². The van der Waals surface area contributed by atoms with Crippen LogP contribution in [0.25, 0.3) is 0 Å². The van der Waals surface area contributed by atoms with Gasteiger partial charge >= 0.3 is 0 Å². The summed E-state index contributed by atoms with van der Waals surface area (Å²) < 4.78 is 5.23. The first-order valence-corrected chi connectivity index (χ1v) is 8.72. The molecule has 0 aromatic carbocycles. The second-order valence-electron chi connectivity index (χ2n) is 8.52. The number of Topliss-reactive ketones (excluding diaryl/α,β-unsaturated/α-hetero) is 1. The van der Waals surface area contributed by atoms with E-state index in [2.05, 4.69) is 27.4 Å². The standard InChI is InChI=1S/C22H30O3/c1-8-21(5,6)18-13-16(12-17(19(18)23)20(2,3)4)15-10-9-11-22(24,14-15)25-7/h8-13,16,24H,1,14H2,2-7H3. The lowest BCUT2D eigenvalue weighted by Crippen LogP contribution is -2.33. The van der Waals surface area contributed by atoms with E-state index in [4.69, 9.17) is 4.74 Å². The van der Waals surface area contributed by atoms with Gasteiger partial charge in [-0.05, 0) is 11.5 Å². The van der Waals surface area contributed by atoms with Crippen LogP contribution < -0.4 is 0 Å². The zero-order valence-electron chi connectivity index (χ0n) is 16.2. The fourth-order valence-corrected chi connectivity index (χ4v) is 3.23. The highest BCUT2D eigenvalue weighted by atomic mass is 16.6. The smallest absolute Gasteiger partial charge is 0.189 e. The third kappa shape index (κ3) is 3.94. The average Bonchev–Trinajstić information content (AvgIpc) is 2.53. The Morgan fingerprint density at radius 2 is 1.84 bits per heavy atom. The first kappa shape index (κ1) is 19.6. The number of carbonyl (C=O) groups is 1. The molecule has 0 heterocycles. The molecule has 0 saturated carbocycles. The summed E-state index contributed by atoms with van der Waals surface area (Å²) in [5.74, 6) is -1.25. The molecule has 0 spiro atoms. The lowest BCUT2D eigenvalue weighted by Gasteiger charge is -2.35. The molecule has 3 heteroatoms. The third-order valence-electron chi connectivity index (χ3n) is 5.10. The van der Waals surface area contributed by atoms with Gasteiger partial charge in [-0.1, -0.05) is 70.6 Å². The van der Waals surface area contributed by atoms with Crippen LogP contribution in [0.1, 0.15) is 41.0 Å². The van der Waals surface area contributed by atoms with Crippen LogP contribution in [0.3, 0.4) is 0 Å². The largest absolute Gasteiger partial charge is 0.362 e. The van der Waals surface area contributed by atoms with Crippen molar-refractivity contribution in [2.45, 2.75) is 46.8 Å². The summed E-state index contributed by atoms with van der Waals surface area (Å²) in [6.45, 7) is 14.1. The van der Waals surface area contributed by atoms with E-state index in [0.717, 1.165) is 16.7 Å². The maximum Gasteiger partial charge on any atom is 0.189 e. The van der Waals surface area contributed by atoms with E-state index in [1.807, 2.05) is 44.2 Å². The van der Waals surface area contributed by atoms with Crippen LogP contribution in [0.2, 0.25) is 0 Å². The lowest BCUT2D eigenvalue weighted by atomic mass is 9.68. The van der Waals surface area contributed by atoms with Crippen molar-refractivity contribution < 1.29 is 14.6 Å². The molecule has 136 valence electrons. The Balaban J connectivity index is 2.53. The van der Waals surface area contributed by atoms with Crippen LogP contribution in [-0.2, 0) is 9.53 Å². The number of ketones is 1. The van der Waals surface area contributed by atoms with Gasteiger partial charge in [0, 0.05) is 36.0 Å². The van der Waals surface area contributed by atoms with Crippen LogP contribution >= 0.6 is 0 Å². The van der Waals surface area contributed by atoms with Crippen molar-refractivity contribution in [2.24, 2.45) is 16.7 Å². The van der Waals surface area contributed by atoms with Crippen LogP contribution in [0.5, 0.6) is 0 Å². The minimum absolute atomic E-state index is 0.0484. The van der Waals surface area contributed by atoms with Crippen LogP contribution in [0.4, 0.5) is 0 Å². The maximum absolute atomic E-state index is 13.1. The second kappa shape index (κ2) is 6.54. The van der Waals surface area contributed by atoms with Crippen molar-refractivity contribution in [1.29, 1.82) is 0 Å². The van der Waals surface area contributed by atoms with E-state index in [1.54, 1.807) is 6.08 Å². The van der Waals surface area contributed by atoms with Gasteiger partial charge in [-0.3, -0.25) is 4.79 Å². The van der Waals surface area contributed by atoms with E-state index in [1.165, 1.54) is 7.11 Å². The van der Waals surface area contributed by atoms with Crippen molar-refractivity contribution in [3.05, 3.63) is 59.8 Å². The number of hydrogen-bond acceptors (Lipinski definition) is 3. The predicted molar refractivity (Wildman–Crippen MR) is 102 cm³/mol. The molecule has 0 radical (unpaired) electrons. The molecule has 0 bridgehead atoms. The van der Waals surface area contributed by atoms with Gasteiger partial charge in [-0.2, -0.15) is 0 Å². The van der Waals surface area contributed by atoms with Crippen LogP contribution in [0, 0.1) is 16.7 Å². The first-order valence-electron chi connectivity index (χ1n) is 8.72. The molecule has 0 saturated heterocycles. The molecular formula is C22H30O3. The molecular weight excluding hydrogens is 312 g/mol. The summed E-state index contributed by atoms with van der Waals surface area (Å²) in [6, 6.07) is 0. The molecule has 3 nitrogen and oxygen atoms in total. The normalized spacial score (nSPS) is 27.6. The molecule has 0 aromatic rings. The predicted octanol–water partition coefficient (Wildman–Crippen LogP) is 4.52. The van der Waals surface area contributed by atoms with Crippen LogP contribution in [0.15, 0.2) is 59.8 Å². The number of hydrogen-bond donors (Lipinski definition) is 1. The summed E-state index contributed by atoms with van der Waals surface area (Å²) in [7, 11) is 1.50. The fraction of sp³-hybridized carbons (Fsp3) is 0.500. The Bertz CT molecular complexity index is 695. The molecule has 2 unspecified atom stereocenters. The van der Waals surface area contributed by atoms with Gasteiger partial charge in [0.25, 0.3) is 0 Å². The summed E-state index contributed by atoms with van der Waals surface area (Å²) in [5, 5.41) is 10.5. The number of carbonyl (C=O) groups excluding carboxylic acids is 1. The minimum atomic E-state index is -1.29. The quantitative estimate of drug-likeness (QED) is 0.604. The Labute approximate surface area is 151 Å². The zero-order chi connectivity index (χ0) is 19.0. The Morgan fingerprint density at radius 3 is 2.36 bits per heavy atom. The highest BCUT2D eigenvalue weighted by Crippen LogP contribution is 2.42. The summed E-state index contributed by atoms with van der Waals surface area (Å²) in [6.07, 6.45) is 11.7. The van der Waals surface area contributed by atoms with Gasteiger partial charge in [0.2, 0.25) is 0 Å². The van der Waals surface area contributed by atoms with Crippen molar-refractivity contribution in [1.82, 2.24) is 0 Å². The summed E-state index contributed by atoms with van der Waals surface area (Å²) in [4.78, 5) is 13.1. The Morgan fingerprint density at radius 1 is 1.24 bits per heavy atom. The molecule has 2 atom stereocenters. The molecule has 0 aromatic heterocycles. The van der Waals surface area contributed by atoms with Crippen molar-refractivity contribution in [2.75, 3.05) is 7.11 Å². The van der Waals surface area contributed by atoms with Gasteiger partial charge < -0.3 is 9.84 Å². The van der Waals surface area contributed by atoms with E-state index in [-0.39, 0.29) is 17.1 Å². The number of ether oxygens (including phenoxy) is 1. The fourth-order valence-electron chi connectivity index (χ4n) is 3.23. The Kier molecular flexibility index (Phi) is 5.13. The first-order chi connectivity index (χ1) is 11.4. The Hall–Kier alpha value is -1.71. The van der Waals surface area contributed by atoms with Gasteiger partial charge in [0.05, 0.1) is 0 Å². The molecule has 2 aliphatic rings. The van der Waals surface area contributed by atoms with Gasteiger partial charge in [-0.25, -0.2) is 0 Å². The number of methoxy groups -OCH3 is 1. The van der Waals surface area contributed by atoms with E-state index < -0.39 is 11.2 Å². The topological polar surface area (TPSA) is 46.5 Å². The van der Waals surface area contributed by atoms with Crippen molar-refractivity contribution in [3.8, 4) is 0 Å². The number of rotatable bonds is 4. The van der Waals surface area contributed by atoms with Gasteiger partial charge in [-0.15, -0.1) is 6.58 Å². The second-order valence-corrected chi connectivity index (χ2v) is 8.52. The molecule has 2 rings (SSSR count). The SMILES string of the molecule is C=CC(C)(C)C1=CC(C2=CC=CC(O)(OC)C2)C=C(C(C)(C)C)C1=O. The van der Waals surface area contributed by atoms with E-state index in [9.17, 15) is 9.90 Å². The highest BCUT2D eigenvalue weighted by molar-refractivity contribution is 6.11. The molecule has 0 amide bonds. The molecule has 25 heavy (non-hydrogen) atoms. The van der Waals surface area contributed by atoms with Crippen molar-refractivity contribution in [3.63, 3.8) is 0 Å². The molecule has 0 aliphatic heterocycles. The number of aliphatic hydroxyl groups is 1. The summed E-state index contributed by atoms with van der Waals surface area (Å²) >= 11 is 0. The van der Waals surface area contributed by atoms with E-state index in [0.29, 0.717) is 6.42 Å². The third-order valence-corrected chi connectivity index (χ3v) is 5.10. The average molecular weight is 342 g/mol. The molecule has 0 fully saturated rings. The lowest BCUT2D eigenvalue weighted by molar-refractivity contribution is -0.145. The van der Waals surface area contributed by atoms with Gasteiger partial charge in [0.1, 0.15) is 0 Å². The van der Waals surface area contributed by atoms with E-state index >= 15 is 0 Å². The maximum atomic E-state index is 13.1.